The first-order chi connectivity index (χ1) is 9.24. The minimum absolute atomic E-state index is 0.0760. The maximum atomic E-state index is 12.3. The Morgan fingerprint density at radius 2 is 2.05 bits per heavy atom. The van der Waals surface area contributed by atoms with Crippen LogP contribution in [0.1, 0.15) is 21.5 Å². The maximum absolute atomic E-state index is 12.3. The maximum Gasteiger partial charge on any atom is 0.256 e. The van der Waals surface area contributed by atoms with Crippen molar-refractivity contribution >= 4 is 11.6 Å². The van der Waals surface area contributed by atoms with Crippen molar-refractivity contribution in [1.82, 2.24) is 0 Å². The molecule has 3 heteroatoms. The van der Waals surface area contributed by atoms with Crippen LogP contribution in [0, 0.1) is 6.92 Å². The summed E-state index contributed by atoms with van der Waals surface area (Å²) in [4.78, 5) is 12.3. The molecule has 0 saturated carbocycles. The number of ether oxygens (including phenoxy) is 1. The van der Waals surface area contributed by atoms with Crippen LogP contribution in [0.15, 0.2) is 42.5 Å². The fraction of sp³-hybridized carbons (Fsp3) is 0.188. The number of carbonyl (C=O) groups is 1. The minimum Gasteiger partial charge on any atom is -0.493 e. The number of nitrogens with one attached hydrogen (secondary N) is 1. The number of fused-ring (bicyclic) bond motifs is 1. The van der Waals surface area contributed by atoms with Crippen LogP contribution >= 0.6 is 0 Å². The number of rotatable bonds is 2. The molecule has 1 amide bonds. The Kier molecular flexibility index (Phi) is 2.95. The Balaban J connectivity index is 1.87. The molecule has 96 valence electrons. The van der Waals surface area contributed by atoms with Gasteiger partial charge in [-0.3, -0.25) is 4.79 Å². The molecule has 0 atom stereocenters. The smallest absolute Gasteiger partial charge is 0.256 e. The summed E-state index contributed by atoms with van der Waals surface area (Å²) in [5, 5.41) is 2.93. The number of benzene rings is 2. The predicted octanol–water partition coefficient (Wildman–Crippen LogP) is 3.18. The molecule has 2 aromatic carbocycles. The molecular formula is C16H15NO2. The quantitative estimate of drug-likeness (QED) is 0.892. The average molecular weight is 253 g/mol. The molecule has 19 heavy (non-hydrogen) atoms. The van der Waals surface area contributed by atoms with Crippen LogP contribution in [0.2, 0.25) is 0 Å². The van der Waals surface area contributed by atoms with Crippen molar-refractivity contribution in [3.63, 3.8) is 0 Å². The van der Waals surface area contributed by atoms with Crippen molar-refractivity contribution in [3.05, 3.63) is 59.2 Å². The Hall–Kier alpha value is -2.29. The molecule has 2 aromatic rings. The molecule has 0 fully saturated rings. The predicted molar refractivity (Wildman–Crippen MR) is 74.8 cm³/mol. The van der Waals surface area contributed by atoms with E-state index in [4.69, 9.17) is 4.74 Å². The van der Waals surface area contributed by atoms with E-state index < -0.39 is 0 Å². The van der Waals surface area contributed by atoms with Gasteiger partial charge < -0.3 is 10.1 Å². The van der Waals surface area contributed by atoms with Crippen LogP contribution in [-0.4, -0.2) is 12.5 Å². The molecule has 0 aromatic heterocycles. The van der Waals surface area contributed by atoms with Gasteiger partial charge in [0.25, 0.3) is 5.91 Å². The van der Waals surface area contributed by atoms with Gasteiger partial charge in [-0.25, -0.2) is 0 Å². The highest BCUT2D eigenvalue weighted by molar-refractivity contribution is 6.05. The summed E-state index contributed by atoms with van der Waals surface area (Å²) in [5.74, 6) is 0.754. The highest BCUT2D eigenvalue weighted by atomic mass is 16.5. The van der Waals surface area contributed by atoms with E-state index >= 15 is 0 Å². The lowest BCUT2D eigenvalue weighted by atomic mass is 10.0. The largest absolute Gasteiger partial charge is 0.493 e. The number of hydrogen-bond acceptors (Lipinski definition) is 2. The van der Waals surface area contributed by atoms with E-state index in [0.29, 0.717) is 12.2 Å². The van der Waals surface area contributed by atoms with E-state index in [1.807, 2.05) is 49.4 Å². The van der Waals surface area contributed by atoms with Gasteiger partial charge in [0.2, 0.25) is 0 Å². The van der Waals surface area contributed by atoms with Crippen LogP contribution < -0.4 is 10.1 Å². The third-order valence-corrected chi connectivity index (χ3v) is 3.26. The summed E-state index contributed by atoms with van der Waals surface area (Å²) in [6, 6.07) is 13.4. The number of carbonyl (C=O) groups excluding carboxylic acids is 1. The lowest BCUT2D eigenvalue weighted by Crippen LogP contribution is -2.13. The molecule has 1 aliphatic heterocycles. The van der Waals surface area contributed by atoms with Gasteiger partial charge in [0.15, 0.2) is 0 Å². The average Bonchev–Trinajstić information content (AvgIpc) is 2.86. The summed E-state index contributed by atoms with van der Waals surface area (Å²) in [7, 11) is 0. The topological polar surface area (TPSA) is 38.3 Å². The SMILES string of the molecule is Cc1cccc(NC(=O)c2cccc3c2CCO3)c1. The van der Waals surface area contributed by atoms with Gasteiger partial charge in [0.1, 0.15) is 5.75 Å². The van der Waals surface area contributed by atoms with E-state index in [1.54, 1.807) is 0 Å². The number of hydrogen-bond donors (Lipinski definition) is 1. The summed E-state index contributed by atoms with van der Waals surface area (Å²) in [5.41, 5.74) is 3.66. The Bertz CT molecular complexity index is 634. The second-order valence-electron chi connectivity index (χ2n) is 4.70. The monoisotopic (exact) mass is 253 g/mol. The summed E-state index contributed by atoms with van der Waals surface area (Å²) < 4.78 is 5.48. The van der Waals surface area contributed by atoms with Crippen molar-refractivity contribution in [3.8, 4) is 5.75 Å². The zero-order valence-corrected chi connectivity index (χ0v) is 10.8. The van der Waals surface area contributed by atoms with Crippen molar-refractivity contribution in [1.29, 1.82) is 0 Å². The molecule has 0 unspecified atom stereocenters. The van der Waals surface area contributed by atoms with Crippen LogP contribution in [0.25, 0.3) is 0 Å². The molecule has 3 nitrogen and oxygen atoms in total. The zero-order valence-electron chi connectivity index (χ0n) is 10.8. The van der Waals surface area contributed by atoms with Crippen molar-refractivity contribution in [2.24, 2.45) is 0 Å². The fourth-order valence-electron chi connectivity index (χ4n) is 2.36. The fourth-order valence-corrected chi connectivity index (χ4v) is 2.36. The van der Waals surface area contributed by atoms with E-state index in [2.05, 4.69) is 5.32 Å². The summed E-state index contributed by atoms with van der Waals surface area (Å²) in [6.07, 6.45) is 0.798. The first-order valence-electron chi connectivity index (χ1n) is 6.37. The van der Waals surface area contributed by atoms with Gasteiger partial charge in [-0.05, 0) is 36.8 Å². The van der Waals surface area contributed by atoms with Gasteiger partial charge >= 0.3 is 0 Å². The second kappa shape index (κ2) is 4.76. The third kappa shape index (κ3) is 2.32. The lowest BCUT2D eigenvalue weighted by Gasteiger charge is -2.08. The van der Waals surface area contributed by atoms with Gasteiger partial charge in [-0.2, -0.15) is 0 Å². The van der Waals surface area contributed by atoms with E-state index in [0.717, 1.165) is 29.0 Å². The van der Waals surface area contributed by atoms with E-state index in [9.17, 15) is 4.79 Å². The van der Waals surface area contributed by atoms with Gasteiger partial charge in [-0.15, -0.1) is 0 Å². The van der Waals surface area contributed by atoms with Crippen molar-refractivity contribution in [2.45, 2.75) is 13.3 Å². The van der Waals surface area contributed by atoms with Crippen molar-refractivity contribution < 1.29 is 9.53 Å². The van der Waals surface area contributed by atoms with Gasteiger partial charge in [0.05, 0.1) is 6.61 Å². The molecular weight excluding hydrogens is 238 g/mol. The molecule has 1 aliphatic rings. The first-order valence-corrected chi connectivity index (χ1v) is 6.37. The second-order valence-corrected chi connectivity index (χ2v) is 4.70. The Morgan fingerprint density at radius 1 is 1.21 bits per heavy atom. The van der Waals surface area contributed by atoms with E-state index in [1.165, 1.54) is 0 Å². The summed E-state index contributed by atoms with van der Waals surface area (Å²) in [6.45, 7) is 2.66. The molecule has 1 N–H and O–H groups in total. The Morgan fingerprint density at radius 3 is 2.89 bits per heavy atom. The molecule has 0 aliphatic carbocycles. The molecule has 1 heterocycles. The normalized spacial score (nSPS) is 12.7. The highest BCUT2D eigenvalue weighted by Gasteiger charge is 2.19. The molecule has 3 rings (SSSR count). The van der Waals surface area contributed by atoms with Crippen LogP contribution in [-0.2, 0) is 6.42 Å². The van der Waals surface area contributed by atoms with Gasteiger partial charge in [0, 0.05) is 23.2 Å². The summed E-state index contributed by atoms with van der Waals surface area (Å²) >= 11 is 0. The minimum atomic E-state index is -0.0760. The van der Waals surface area contributed by atoms with Crippen molar-refractivity contribution in [2.75, 3.05) is 11.9 Å². The number of amides is 1. The standard InChI is InChI=1S/C16H15NO2/c1-11-4-2-5-12(10-11)17-16(18)14-6-3-7-15-13(14)8-9-19-15/h2-7,10H,8-9H2,1H3,(H,17,18). The molecule has 0 saturated heterocycles. The first kappa shape index (κ1) is 11.8. The molecule has 0 radical (unpaired) electrons. The van der Waals surface area contributed by atoms with Gasteiger partial charge in [-0.1, -0.05) is 18.2 Å². The lowest BCUT2D eigenvalue weighted by molar-refractivity contribution is 0.102. The van der Waals surface area contributed by atoms with Crippen LogP contribution in [0.5, 0.6) is 5.75 Å². The Labute approximate surface area is 112 Å². The number of anilines is 1. The third-order valence-electron chi connectivity index (χ3n) is 3.26. The zero-order chi connectivity index (χ0) is 13.2. The van der Waals surface area contributed by atoms with E-state index in [-0.39, 0.29) is 5.91 Å². The number of aryl methyl sites for hydroxylation is 1. The molecule has 0 spiro atoms. The molecule has 0 bridgehead atoms. The highest BCUT2D eigenvalue weighted by Crippen LogP contribution is 2.28. The van der Waals surface area contributed by atoms with Crippen LogP contribution in [0.4, 0.5) is 5.69 Å². The van der Waals surface area contributed by atoms with Crippen LogP contribution in [0.3, 0.4) is 0 Å².